The molecule has 68 heavy (non-hydrogen) atoms. The molecule has 0 heterocycles. The molecular weight excluding hydrogens is 922 g/mol. The molecule has 1 fully saturated rings. The maximum absolute atomic E-state index is 13.0. The van der Waals surface area contributed by atoms with Gasteiger partial charge in [-0.05, 0) is 44.9 Å². The standard InChI is InChI=1S/C49H86O17P2/c1-3-5-7-9-11-12-13-14-15-16-17-18-19-20-24-28-32-36-42(51)62-38-41(39-63-68(60,61)66-49-46(55)44(53)45(54)48(47(49)56)65-67(57,58)59)64-43(52)37-33-29-25-22-21-23-27-31-35-40(50)34-30-26-10-8-6-4-2/h6,8,22-23,25-27,30-31,35,40-41,44-50,53-56H,3-5,7,9-21,24,28-29,32-34,36-39H2,1-2H3,(H,60,61)(H2,57,58,59)/b8-6-,25-22-,27-23-,30-26-,35-31+/t40?,41-,44?,45?,46?,47?,48-,49+/m1/s1. The predicted molar refractivity (Wildman–Crippen MR) is 261 cm³/mol. The van der Waals surface area contributed by atoms with Crippen molar-refractivity contribution in [3.63, 3.8) is 0 Å². The van der Waals surface area contributed by atoms with Gasteiger partial charge in [0.15, 0.2) is 6.10 Å². The summed E-state index contributed by atoms with van der Waals surface area (Å²) in [6.45, 7) is 2.89. The van der Waals surface area contributed by atoms with Crippen LogP contribution in [0.15, 0.2) is 60.8 Å². The number of carbonyl (C=O) groups excluding carboxylic acids is 2. The second-order valence-electron chi connectivity index (χ2n) is 17.4. The van der Waals surface area contributed by atoms with Crippen LogP contribution in [0.5, 0.6) is 0 Å². The van der Waals surface area contributed by atoms with Gasteiger partial charge in [-0.15, -0.1) is 0 Å². The van der Waals surface area contributed by atoms with Crippen LogP contribution in [0.1, 0.15) is 174 Å². The van der Waals surface area contributed by atoms with Crippen LogP contribution in [0.3, 0.4) is 0 Å². The van der Waals surface area contributed by atoms with E-state index in [0.717, 1.165) is 38.5 Å². The maximum Gasteiger partial charge on any atom is 0.472 e. The molecule has 8 N–H and O–H groups in total. The van der Waals surface area contributed by atoms with Gasteiger partial charge in [0.2, 0.25) is 0 Å². The fourth-order valence-corrected chi connectivity index (χ4v) is 8.86. The van der Waals surface area contributed by atoms with Gasteiger partial charge in [-0.1, -0.05) is 177 Å². The van der Waals surface area contributed by atoms with Crippen molar-refractivity contribution in [2.24, 2.45) is 0 Å². The molecule has 0 aromatic heterocycles. The first-order valence-corrected chi connectivity index (χ1v) is 28.0. The van der Waals surface area contributed by atoms with Crippen LogP contribution in [0, 0.1) is 0 Å². The lowest BCUT2D eigenvalue weighted by molar-refractivity contribution is -0.216. The van der Waals surface area contributed by atoms with Crippen LogP contribution in [0.2, 0.25) is 0 Å². The molecule has 19 heteroatoms. The topological polar surface area (TPSA) is 276 Å². The highest BCUT2D eigenvalue weighted by Crippen LogP contribution is 2.49. The smallest absolute Gasteiger partial charge is 0.462 e. The lowest BCUT2D eigenvalue weighted by atomic mass is 9.85. The van der Waals surface area contributed by atoms with E-state index in [-0.39, 0.29) is 12.8 Å². The first-order chi connectivity index (χ1) is 32.5. The van der Waals surface area contributed by atoms with Crippen molar-refractivity contribution in [2.45, 2.75) is 223 Å². The molecule has 0 saturated heterocycles. The lowest BCUT2D eigenvalue weighted by Gasteiger charge is -2.43. The summed E-state index contributed by atoms with van der Waals surface area (Å²) < 4.78 is 49.3. The molecule has 394 valence electrons. The molecule has 0 aromatic rings. The van der Waals surface area contributed by atoms with Gasteiger partial charge < -0.3 is 49.7 Å². The summed E-state index contributed by atoms with van der Waals surface area (Å²) in [5.41, 5.74) is 0. The van der Waals surface area contributed by atoms with Crippen molar-refractivity contribution in [1.29, 1.82) is 0 Å². The summed E-state index contributed by atoms with van der Waals surface area (Å²) in [6, 6.07) is 0. The van der Waals surface area contributed by atoms with Crippen molar-refractivity contribution in [1.82, 2.24) is 0 Å². The molecule has 1 saturated carbocycles. The van der Waals surface area contributed by atoms with Gasteiger partial charge in [-0.2, -0.15) is 0 Å². The van der Waals surface area contributed by atoms with Crippen molar-refractivity contribution >= 4 is 27.6 Å². The van der Waals surface area contributed by atoms with Gasteiger partial charge >= 0.3 is 27.6 Å². The third-order valence-electron chi connectivity index (χ3n) is 11.2. The number of phosphoric ester groups is 2. The minimum absolute atomic E-state index is 0.0667. The molecule has 6 unspecified atom stereocenters. The van der Waals surface area contributed by atoms with Crippen molar-refractivity contribution in [3.8, 4) is 0 Å². The number of aliphatic hydroxyl groups excluding tert-OH is 5. The number of esters is 2. The zero-order chi connectivity index (χ0) is 50.5. The molecule has 0 aromatic carbocycles. The summed E-state index contributed by atoms with van der Waals surface area (Å²) >= 11 is 0. The van der Waals surface area contributed by atoms with E-state index in [1.54, 1.807) is 12.2 Å². The first-order valence-electron chi connectivity index (χ1n) is 24.9. The Morgan fingerprint density at radius 2 is 1.07 bits per heavy atom. The van der Waals surface area contributed by atoms with Gasteiger partial charge in [-0.3, -0.25) is 23.2 Å². The Labute approximate surface area is 405 Å². The van der Waals surface area contributed by atoms with Crippen molar-refractivity contribution in [3.05, 3.63) is 60.8 Å². The molecule has 1 aliphatic rings. The zero-order valence-corrected chi connectivity index (χ0v) is 42.4. The van der Waals surface area contributed by atoms with Crippen LogP contribution in [0.4, 0.5) is 0 Å². The highest BCUT2D eigenvalue weighted by molar-refractivity contribution is 7.47. The summed E-state index contributed by atoms with van der Waals surface area (Å²) in [7, 11) is -10.7. The minimum Gasteiger partial charge on any atom is -0.462 e. The third-order valence-corrected chi connectivity index (χ3v) is 12.7. The summed E-state index contributed by atoms with van der Waals surface area (Å²) in [4.78, 5) is 54.3. The Hall–Kier alpha value is -2.34. The van der Waals surface area contributed by atoms with Gasteiger partial charge in [0, 0.05) is 12.8 Å². The lowest BCUT2D eigenvalue weighted by Crippen LogP contribution is -2.64. The van der Waals surface area contributed by atoms with Crippen LogP contribution >= 0.6 is 15.6 Å². The highest BCUT2D eigenvalue weighted by Gasteiger charge is 2.54. The number of hydrogen-bond donors (Lipinski definition) is 8. The van der Waals surface area contributed by atoms with Crippen molar-refractivity contribution < 1.29 is 82.0 Å². The Balaban J connectivity index is 2.63. The van der Waals surface area contributed by atoms with Gasteiger partial charge in [0.25, 0.3) is 0 Å². The first kappa shape index (κ1) is 63.7. The molecule has 0 radical (unpaired) electrons. The monoisotopic (exact) mass is 1010 g/mol. The quantitative estimate of drug-likeness (QED) is 0.00934. The summed E-state index contributed by atoms with van der Waals surface area (Å²) in [5.74, 6) is -1.31. The SMILES string of the molecule is CC/C=C\C/C=C\CC(O)/C=C/C=C\C/C=C\CCCC(=O)O[C@H](COC(=O)CCCCCCCCCCCCCCCCCCC)COP(=O)(O)O[C@H]1C(O)C(O)C(O)[C@@H](OP(=O)(O)O)C1O. The number of carbonyl (C=O) groups is 2. The fraction of sp³-hybridized carbons (Fsp3) is 0.755. The molecule has 0 aliphatic heterocycles. The number of rotatable bonds is 41. The van der Waals surface area contributed by atoms with E-state index >= 15 is 0 Å². The van der Waals surface area contributed by atoms with E-state index < -0.39 is 89.6 Å². The number of phosphoric acid groups is 2. The number of allylic oxidation sites excluding steroid dienone is 8. The van der Waals surface area contributed by atoms with Crippen LogP contribution in [0.25, 0.3) is 0 Å². The Morgan fingerprint density at radius 1 is 0.559 bits per heavy atom. The molecule has 1 aliphatic carbocycles. The number of aliphatic hydroxyl groups is 5. The maximum atomic E-state index is 13.0. The van der Waals surface area contributed by atoms with E-state index in [4.69, 9.17) is 18.5 Å². The predicted octanol–water partition coefficient (Wildman–Crippen LogP) is 8.81. The molecular formula is C49H86O17P2. The molecule has 1 rings (SSSR count). The van der Waals surface area contributed by atoms with E-state index in [0.29, 0.717) is 32.1 Å². The fourth-order valence-electron chi connectivity index (χ4n) is 7.32. The Morgan fingerprint density at radius 3 is 1.65 bits per heavy atom. The van der Waals surface area contributed by atoms with E-state index in [2.05, 4.69) is 30.5 Å². The molecule has 0 bridgehead atoms. The number of hydrogen-bond acceptors (Lipinski definition) is 14. The van der Waals surface area contributed by atoms with E-state index in [9.17, 15) is 58.9 Å². The second-order valence-corrected chi connectivity index (χ2v) is 20.0. The largest absolute Gasteiger partial charge is 0.472 e. The zero-order valence-electron chi connectivity index (χ0n) is 40.6. The van der Waals surface area contributed by atoms with Crippen LogP contribution in [-0.2, 0) is 41.8 Å². The third kappa shape index (κ3) is 33.3. The average molecular weight is 1010 g/mol. The van der Waals surface area contributed by atoms with Gasteiger partial charge in [0.1, 0.15) is 43.2 Å². The second kappa shape index (κ2) is 39.3. The summed E-state index contributed by atoms with van der Waals surface area (Å²) in [6.07, 6.45) is 27.8. The molecule has 9 atom stereocenters. The van der Waals surface area contributed by atoms with E-state index in [1.165, 1.54) is 77.0 Å². The number of ether oxygens (including phenoxy) is 2. The minimum atomic E-state index is -5.38. The molecule has 0 amide bonds. The van der Waals surface area contributed by atoms with Gasteiger partial charge in [0.05, 0.1) is 12.7 Å². The number of unbranched alkanes of at least 4 members (excludes halogenated alkanes) is 17. The highest BCUT2D eigenvalue weighted by atomic mass is 31.2. The van der Waals surface area contributed by atoms with Crippen LogP contribution < -0.4 is 0 Å². The van der Waals surface area contributed by atoms with E-state index in [1.807, 2.05) is 36.5 Å². The Bertz CT molecular complexity index is 1560. The van der Waals surface area contributed by atoms with Crippen LogP contribution in [-0.4, -0.2) is 114 Å². The van der Waals surface area contributed by atoms with Gasteiger partial charge in [-0.25, -0.2) is 9.13 Å². The Kier molecular flexibility index (Phi) is 36.8. The molecule has 0 spiro atoms. The van der Waals surface area contributed by atoms with Crippen molar-refractivity contribution in [2.75, 3.05) is 13.2 Å². The average Bonchev–Trinajstić information content (AvgIpc) is 3.29. The summed E-state index contributed by atoms with van der Waals surface area (Å²) in [5, 5.41) is 51.3. The molecule has 17 nitrogen and oxygen atoms in total. The normalized spacial score (nSPS) is 22.2.